The largest absolute Gasteiger partial charge is 0.480 e. The SMILES string of the molecule is CN1c2cccc(Br)c2CC1C(=O)O. The van der Waals surface area contributed by atoms with Gasteiger partial charge in [-0.1, -0.05) is 22.0 Å². The molecule has 4 heteroatoms. The average molecular weight is 256 g/mol. The van der Waals surface area contributed by atoms with Crippen LogP contribution in [0.15, 0.2) is 22.7 Å². The van der Waals surface area contributed by atoms with Crippen LogP contribution >= 0.6 is 15.9 Å². The number of rotatable bonds is 1. The zero-order valence-corrected chi connectivity index (χ0v) is 9.28. The molecule has 0 amide bonds. The highest BCUT2D eigenvalue weighted by atomic mass is 79.9. The summed E-state index contributed by atoms with van der Waals surface area (Å²) in [7, 11) is 1.82. The lowest BCUT2D eigenvalue weighted by molar-refractivity contribution is -0.138. The minimum atomic E-state index is -0.768. The molecule has 3 nitrogen and oxygen atoms in total. The lowest BCUT2D eigenvalue weighted by Crippen LogP contribution is -2.35. The van der Waals surface area contributed by atoms with Crippen molar-refractivity contribution in [1.29, 1.82) is 0 Å². The Bertz CT molecular complexity index is 392. The normalized spacial score (nSPS) is 19.6. The molecule has 1 N–H and O–H groups in total. The number of carboxylic acids is 1. The zero-order chi connectivity index (χ0) is 10.3. The summed E-state index contributed by atoms with van der Waals surface area (Å²) in [6, 6.07) is 5.38. The number of hydrogen-bond acceptors (Lipinski definition) is 2. The van der Waals surface area contributed by atoms with Gasteiger partial charge in [0.05, 0.1) is 0 Å². The van der Waals surface area contributed by atoms with Crippen molar-refractivity contribution in [2.24, 2.45) is 0 Å². The molecule has 1 aromatic carbocycles. The van der Waals surface area contributed by atoms with Gasteiger partial charge >= 0.3 is 5.97 Å². The predicted octanol–water partition coefficient (Wildman–Crippen LogP) is 1.89. The quantitative estimate of drug-likeness (QED) is 0.834. The summed E-state index contributed by atoms with van der Waals surface area (Å²) in [5, 5.41) is 8.99. The van der Waals surface area contributed by atoms with Crippen LogP contribution in [0.2, 0.25) is 0 Å². The third-order valence-corrected chi connectivity index (χ3v) is 3.37. The molecule has 0 aliphatic carbocycles. The van der Waals surface area contributed by atoms with Crippen LogP contribution in [0.25, 0.3) is 0 Å². The van der Waals surface area contributed by atoms with E-state index >= 15 is 0 Å². The maximum Gasteiger partial charge on any atom is 0.326 e. The van der Waals surface area contributed by atoms with E-state index in [1.807, 2.05) is 30.1 Å². The number of benzene rings is 1. The first kappa shape index (κ1) is 9.52. The third-order valence-electron chi connectivity index (χ3n) is 2.62. The molecular formula is C10H10BrNO2. The van der Waals surface area contributed by atoms with Gasteiger partial charge in [-0.2, -0.15) is 0 Å². The summed E-state index contributed by atoms with van der Waals surface area (Å²) in [5.41, 5.74) is 2.09. The highest BCUT2D eigenvalue weighted by molar-refractivity contribution is 9.10. The van der Waals surface area contributed by atoms with Gasteiger partial charge in [0.1, 0.15) is 6.04 Å². The van der Waals surface area contributed by atoms with Gasteiger partial charge in [0.2, 0.25) is 0 Å². The van der Waals surface area contributed by atoms with E-state index in [1.165, 1.54) is 0 Å². The topological polar surface area (TPSA) is 40.5 Å². The Morgan fingerprint density at radius 1 is 1.64 bits per heavy atom. The van der Waals surface area contributed by atoms with Crippen LogP contribution in [0, 0.1) is 0 Å². The Morgan fingerprint density at radius 2 is 2.36 bits per heavy atom. The molecule has 1 unspecified atom stereocenters. The number of carboxylic acid groups (broad SMARTS) is 1. The molecule has 0 saturated heterocycles. The van der Waals surface area contributed by atoms with E-state index < -0.39 is 12.0 Å². The Balaban J connectivity index is 2.45. The molecule has 74 valence electrons. The van der Waals surface area contributed by atoms with E-state index in [9.17, 15) is 4.79 Å². The van der Waals surface area contributed by atoms with Gasteiger partial charge in [-0.15, -0.1) is 0 Å². The third kappa shape index (κ3) is 1.30. The number of aliphatic carboxylic acids is 1. The molecule has 1 aliphatic heterocycles. The number of hydrogen-bond donors (Lipinski definition) is 1. The lowest BCUT2D eigenvalue weighted by atomic mass is 10.1. The van der Waals surface area contributed by atoms with Crippen LogP contribution < -0.4 is 4.90 Å². The van der Waals surface area contributed by atoms with Gasteiger partial charge in [-0.05, 0) is 17.7 Å². The van der Waals surface area contributed by atoms with Crippen molar-refractivity contribution < 1.29 is 9.90 Å². The van der Waals surface area contributed by atoms with Crippen molar-refractivity contribution in [1.82, 2.24) is 0 Å². The van der Waals surface area contributed by atoms with Crippen molar-refractivity contribution in [3.8, 4) is 0 Å². The highest BCUT2D eigenvalue weighted by Gasteiger charge is 2.32. The summed E-state index contributed by atoms with van der Waals surface area (Å²) in [6.45, 7) is 0. The Labute approximate surface area is 90.5 Å². The summed E-state index contributed by atoms with van der Waals surface area (Å²) >= 11 is 3.43. The molecule has 1 heterocycles. The molecule has 2 rings (SSSR count). The van der Waals surface area contributed by atoms with Crippen LogP contribution in [-0.4, -0.2) is 24.2 Å². The molecule has 0 radical (unpaired) electrons. The van der Waals surface area contributed by atoms with Gasteiger partial charge in [-0.3, -0.25) is 0 Å². The molecule has 0 fully saturated rings. The smallest absolute Gasteiger partial charge is 0.326 e. The van der Waals surface area contributed by atoms with Gasteiger partial charge in [0.25, 0.3) is 0 Å². The van der Waals surface area contributed by atoms with Crippen molar-refractivity contribution in [3.63, 3.8) is 0 Å². The monoisotopic (exact) mass is 255 g/mol. The first-order chi connectivity index (χ1) is 6.61. The number of carbonyl (C=O) groups is 1. The van der Waals surface area contributed by atoms with E-state index in [-0.39, 0.29) is 0 Å². The summed E-state index contributed by atoms with van der Waals surface area (Å²) in [6.07, 6.45) is 0.572. The van der Waals surface area contributed by atoms with Crippen molar-refractivity contribution in [3.05, 3.63) is 28.2 Å². The molecule has 0 saturated carbocycles. The zero-order valence-electron chi connectivity index (χ0n) is 7.70. The number of likely N-dealkylation sites (N-methyl/N-ethyl adjacent to an activating group) is 1. The predicted molar refractivity (Wildman–Crippen MR) is 57.7 cm³/mol. The number of nitrogens with zero attached hydrogens (tertiary/aromatic N) is 1. The van der Waals surface area contributed by atoms with E-state index in [0.29, 0.717) is 6.42 Å². The van der Waals surface area contributed by atoms with Crippen LogP contribution in [0.1, 0.15) is 5.56 Å². The fourth-order valence-corrected chi connectivity index (χ4v) is 2.35. The van der Waals surface area contributed by atoms with E-state index in [4.69, 9.17) is 5.11 Å². The molecule has 1 aromatic rings. The molecule has 0 spiro atoms. The summed E-state index contributed by atoms with van der Waals surface area (Å²) < 4.78 is 0.991. The van der Waals surface area contributed by atoms with Crippen LogP contribution in [0.3, 0.4) is 0 Å². The molecular weight excluding hydrogens is 246 g/mol. The van der Waals surface area contributed by atoms with Crippen molar-refractivity contribution in [2.45, 2.75) is 12.5 Å². The van der Waals surface area contributed by atoms with Crippen LogP contribution in [-0.2, 0) is 11.2 Å². The van der Waals surface area contributed by atoms with Crippen LogP contribution in [0.5, 0.6) is 0 Å². The number of halogens is 1. The molecule has 1 aliphatic rings. The number of fused-ring (bicyclic) bond motifs is 1. The minimum absolute atomic E-state index is 0.427. The fourth-order valence-electron chi connectivity index (χ4n) is 1.83. The first-order valence-electron chi connectivity index (χ1n) is 4.34. The van der Waals surface area contributed by atoms with Gasteiger partial charge in [0, 0.05) is 23.6 Å². The van der Waals surface area contributed by atoms with Gasteiger partial charge in [0.15, 0.2) is 0 Å². The molecule has 14 heavy (non-hydrogen) atoms. The Hall–Kier alpha value is -1.03. The maximum atomic E-state index is 10.9. The summed E-state index contributed by atoms with van der Waals surface area (Å²) in [4.78, 5) is 12.7. The summed E-state index contributed by atoms with van der Waals surface area (Å²) in [5.74, 6) is -0.768. The standard InChI is InChI=1S/C10H10BrNO2/c1-12-8-4-2-3-7(11)6(8)5-9(12)10(13)14/h2-4,9H,5H2,1H3,(H,13,14). The Kier molecular flexibility index (Phi) is 2.23. The Morgan fingerprint density at radius 3 is 2.93 bits per heavy atom. The maximum absolute atomic E-state index is 10.9. The van der Waals surface area contributed by atoms with Crippen molar-refractivity contribution >= 4 is 27.6 Å². The fraction of sp³-hybridized carbons (Fsp3) is 0.300. The highest BCUT2D eigenvalue weighted by Crippen LogP contribution is 2.35. The second-order valence-electron chi connectivity index (χ2n) is 3.41. The van der Waals surface area contributed by atoms with Gasteiger partial charge < -0.3 is 10.0 Å². The first-order valence-corrected chi connectivity index (χ1v) is 5.13. The van der Waals surface area contributed by atoms with Crippen molar-refractivity contribution in [2.75, 3.05) is 11.9 Å². The molecule has 0 aromatic heterocycles. The second kappa shape index (κ2) is 3.28. The number of anilines is 1. The van der Waals surface area contributed by atoms with E-state index in [1.54, 1.807) is 0 Å². The average Bonchev–Trinajstić information content (AvgIpc) is 2.46. The second-order valence-corrected chi connectivity index (χ2v) is 4.26. The molecule has 0 bridgehead atoms. The van der Waals surface area contributed by atoms with E-state index in [0.717, 1.165) is 15.7 Å². The lowest BCUT2D eigenvalue weighted by Gasteiger charge is -2.18. The van der Waals surface area contributed by atoms with Crippen LogP contribution in [0.4, 0.5) is 5.69 Å². The minimum Gasteiger partial charge on any atom is -0.480 e. The molecule has 1 atom stereocenters. The van der Waals surface area contributed by atoms with E-state index in [2.05, 4.69) is 15.9 Å². The van der Waals surface area contributed by atoms with Gasteiger partial charge in [-0.25, -0.2) is 4.79 Å².